The van der Waals surface area contributed by atoms with Crippen molar-refractivity contribution in [2.45, 2.75) is 80.2 Å². The number of hydrogen-bond donors (Lipinski definition) is 5. The number of esters is 1. The zero-order chi connectivity index (χ0) is 32.7. The molecule has 0 radical (unpaired) electrons. The lowest BCUT2D eigenvalue weighted by Gasteiger charge is -2.27. The van der Waals surface area contributed by atoms with Gasteiger partial charge in [-0.1, -0.05) is 35.9 Å². The van der Waals surface area contributed by atoms with Crippen molar-refractivity contribution in [3.63, 3.8) is 0 Å². The first-order valence-electron chi connectivity index (χ1n) is 14.5. The van der Waals surface area contributed by atoms with E-state index in [1.165, 1.54) is 22.9 Å². The van der Waals surface area contributed by atoms with E-state index in [4.69, 9.17) is 27.9 Å². The maximum Gasteiger partial charge on any atom is 0.326 e. The van der Waals surface area contributed by atoms with E-state index in [0.717, 1.165) is 11.1 Å². The van der Waals surface area contributed by atoms with Crippen LogP contribution in [0.25, 0.3) is 0 Å². The second-order valence-electron chi connectivity index (χ2n) is 10.8. The van der Waals surface area contributed by atoms with Crippen LogP contribution in [-0.2, 0) is 42.1 Å². The summed E-state index contributed by atoms with van der Waals surface area (Å²) in [5, 5.41) is 15.7. The summed E-state index contributed by atoms with van der Waals surface area (Å²) in [6.45, 7) is 3.88. The molecule has 0 bridgehead atoms. The van der Waals surface area contributed by atoms with Crippen LogP contribution in [-0.4, -0.2) is 79.6 Å². The highest BCUT2D eigenvalue weighted by molar-refractivity contribution is 7.97. The Morgan fingerprint density at radius 2 is 1.91 bits per heavy atom. The van der Waals surface area contributed by atoms with Crippen molar-refractivity contribution in [2.24, 2.45) is 0 Å². The molecular weight excluding hydrogens is 665 g/mol. The predicted molar refractivity (Wildman–Crippen MR) is 173 cm³/mol. The summed E-state index contributed by atoms with van der Waals surface area (Å²) in [5.74, 6) is -1.58. The van der Waals surface area contributed by atoms with Crippen LogP contribution in [0.2, 0.25) is 5.02 Å². The monoisotopic (exact) mass is 701 g/mol. The average Bonchev–Trinajstić information content (AvgIpc) is 3.52. The SMILES string of the molecule is CCOC(=O)C(CCc1ccc(CNS(=O)(=O)c2cc3c(cc2Cl)NC(CCl)NS3)cc1)N[C@@H](C)C(=O)N1CCC[C@H]1C(=O)O. The van der Waals surface area contributed by atoms with Crippen LogP contribution in [0, 0.1) is 0 Å². The molecule has 246 valence electrons. The van der Waals surface area contributed by atoms with Gasteiger partial charge in [-0.3, -0.25) is 14.9 Å². The molecule has 2 aliphatic rings. The van der Waals surface area contributed by atoms with Crippen LogP contribution in [0.5, 0.6) is 0 Å². The molecule has 2 aromatic rings. The van der Waals surface area contributed by atoms with Crippen molar-refractivity contribution in [2.75, 3.05) is 24.3 Å². The Balaban J connectivity index is 1.34. The summed E-state index contributed by atoms with van der Waals surface area (Å²) in [4.78, 5) is 39.2. The molecular formula is C29H37Cl2N5O7S2. The van der Waals surface area contributed by atoms with Gasteiger partial charge in [0.15, 0.2) is 0 Å². The summed E-state index contributed by atoms with van der Waals surface area (Å²) in [7, 11) is -3.92. The van der Waals surface area contributed by atoms with Crippen LogP contribution in [0.3, 0.4) is 0 Å². The third-order valence-corrected chi connectivity index (χ3v) is 10.7. The number of nitrogens with zero attached hydrogens (tertiary/aromatic N) is 1. The number of sulfonamides is 1. The number of amides is 1. The van der Waals surface area contributed by atoms with E-state index in [-0.39, 0.29) is 35.1 Å². The van der Waals surface area contributed by atoms with E-state index < -0.39 is 40.1 Å². The normalized spacial score (nSPS) is 19.3. The number of carboxylic acid groups (broad SMARTS) is 1. The molecule has 45 heavy (non-hydrogen) atoms. The molecule has 5 N–H and O–H groups in total. The fourth-order valence-corrected chi connectivity index (χ4v) is 7.88. The minimum absolute atomic E-state index is 0.0339. The summed E-state index contributed by atoms with van der Waals surface area (Å²) in [5.41, 5.74) is 2.31. The number of ether oxygens (including phenoxy) is 1. The molecule has 1 saturated heterocycles. The van der Waals surface area contributed by atoms with Crippen molar-refractivity contribution in [1.29, 1.82) is 0 Å². The molecule has 2 unspecified atom stereocenters. The van der Waals surface area contributed by atoms with E-state index in [1.54, 1.807) is 32.0 Å². The number of carboxylic acids is 1. The largest absolute Gasteiger partial charge is 0.480 e. The molecule has 0 saturated carbocycles. The van der Waals surface area contributed by atoms with Crippen LogP contribution in [0.15, 0.2) is 46.2 Å². The molecule has 2 heterocycles. The second kappa shape index (κ2) is 15.8. The first-order valence-corrected chi connectivity index (χ1v) is 17.8. The third kappa shape index (κ3) is 9.03. The number of carbonyl (C=O) groups excluding carboxylic acids is 2. The second-order valence-corrected chi connectivity index (χ2v) is 14.1. The molecule has 4 rings (SSSR count). The summed E-state index contributed by atoms with van der Waals surface area (Å²) >= 11 is 13.5. The quantitative estimate of drug-likeness (QED) is 0.111. The van der Waals surface area contributed by atoms with Crippen molar-refractivity contribution >= 4 is 68.7 Å². The Morgan fingerprint density at radius 3 is 2.58 bits per heavy atom. The highest BCUT2D eigenvalue weighted by Gasteiger charge is 2.37. The number of benzene rings is 2. The number of aliphatic carboxylic acids is 1. The van der Waals surface area contributed by atoms with Gasteiger partial charge in [0.2, 0.25) is 15.9 Å². The number of carbonyl (C=O) groups is 3. The maximum absolute atomic E-state index is 13.1. The number of nitrogens with one attached hydrogen (secondary N) is 4. The van der Waals surface area contributed by atoms with Crippen LogP contribution in [0.1, 0.15) is 44.2 Å². The Hall–Kier alpha value is -2.59. The number of anilines is 1. The minimum atomic E-state index is -3.92. The number of halogens is 2. The minimum Gasteiger partial charge on any atom is -0.480 e. The smallest absolute Gasteiger partial charge is 0.326 e. The summed E-state index contributed by atoms with van der Waals surface area (Å²) in [6, 6.07) is 7.92. The Labute approximate surface area is 277 Å². The highest BCUT2D eigenvalue weighted by Crippen LogP contribution is 2.36. The molecule has 1 fully saturated rings. The molecule has 2 aromatic carbocycles. The van der Waals surface area contributed by atoms with Gasteiger partial charge in [0.25, 0.3) is 0 Å². The first kappa shape index (κ1) is 35.3. The van der Waals surface area contributed by atoms with Gasteiger partial charge in [-0.2, -0.15) is 0 Å². The van der Waals surface area contributed by atoms with E-state index in [2.05, 4.69) is 20.1 Å². The molecule has 1 amide bonds. The molecule has 2 aliphatic heterocycles. The van der Waals surface area contributed by atoms with Crippen LogP contribution >= 0.6 is 35.1 Å². The molecule has 0 aromatic heterocycles. The van der Waals surface area contributed by atoms with Crippen molar-refractivity contribution in [3.8, 4) is 0 Å². The number of likely N-dealkylation sites (tertiary alicyclic amines) is 1. The average molecular weight is 703 g/mol. The zero-order valence-corrected chi connectivity index (χ0v) is 28.0. The summed E-state index contributed by atoms with van der Waals surface area (Å²) < 4.78 is 37.1. The van der Waals surface area contributed by atoms with Gasteiger partial charge in [0.1, 0.15) is 23.1 Å². The third-order valence-electron chi connectivity index (χ3n) is 7.54. The van der Waals surface area contributed by atoms with Crippen molar-refractivity contribution in [3.05, 3.63) is 52.5 Å². The number of fused-ring (bicyclic) bond motifs is 1. The lowest BCUT2D eigenvalue weighted by atomic mass is 10.0. The molecule has 4 atom stereocenters. The number of hydrogen-bond acceptors (Lipinski definition) is 10. The molecule has 0 spiro atoms. The number of rotatable bonds is 14. The van der Waals surface area contributed by atoms with E-state index in [9.17, 15) is 27.9 Å². The van der Waals surface area contributed by atoms with Gasteiger partial charge in [0, 0.05) is 18.0 Å². The van der Waals surface area contributed by atoms with Gasteiger partial charge >= 0.3 is 11.9 Å². The van der Waals surface area contributed by atoms with Gasteiger partial charge in [-0.15, -0.1) is 11.6 Å². The lowest BCUT2D eigenvalue weighted by molar-refractivity contribution is -0.150. The van der Waals surface area contributed by atoms with Gasteiger partial charge < -0.3 is 20.1 Å². The fraction of sp³-hybridized carbons (Fsp3) is 0.483. The van der Waals surface area contributed by atoms with Gasteiger partial charge in [0.05, 0.1) is 29.2 Å². The molecule has 0 aliphatic carbocycles. The van der Waals surface area contributed by atoms with Crippen molar-refractivity contribution < 1.29 is 32.6 Å². The van der Waals surface area contributed by atoms with Crippen LogP contribution in [0.4, 0.5) is 5.69 Å². The van der Waals surface area contributed by atoms with E-state index in [1.807, 2.05) is 12.1 Å². The predicted octanol–water partition coefficient (Wildman–Crippen LogP) is 3.32. The maximum atomic E-state index is 13.1. The standard InChI is InChI=1S/C29H37Cl2N5O7S2/c1-3-43-29(40)21(33-17(2)27(37)36-12-4-5-23(36)28(38)39)11-10-18-6-8-19(9-7-18)16-32-45(41,42)25-14-24-22(13-20(25)31)34-26(15-30)35-44-24/h6-9,13-14,17,21,23,26,32-35H,3-5,10-12,15-16H2,1-2H3,(H,38,39)/t17-,21?,23-,26?/m0/s1. The Bertz CT molecular complexity index is 1500. The molecule has 12 nitrogen and oxygen atoms in total. The van der Waals surface area contributed by atoms with Gasteiger partial charge in [-0.25, -0.2) is 22.7 Å². The Kier molecular flexibility index (Phi) is 12.4. The van der Waals surface area contributed by atoms with E-state index in [0.29, 0.717) is 48.7 Å². The van der Waals surface area contributed by atoms with Crippen molar-refractivity contribution in [1.82, 2.24) is 19.7 Å². The van der Waals surface area contributed by atoms with Crippen LogP contribution < -0.4 is 20.1 Å². The lowest BCUT2D eigenvalue weighted by Crippen LogP contribution is -2.53. The fourth-order valence-electron chi connectivity index (χ4n) is 5.17. The van der Waals surface area contributed by atoms with Gasteiger partial charge in [-0.05, 0) is 74.7 Å². The Morgan fingerprint density at radius 1 is 1.20 bits per heavy atom. The number of alkyl halides is 1. The summed E-state index contributed by atoms with van der Waals surface area (Å²) in [6.07, 6.45) is 1.64. The topological polar surface area (TPSA) is 166 Å². The molecule has 16 heteroatoms. The van der Waals surface area contributed by atoms with E-state index >= 15 is 0 Å². The zero-order valence-electron chi connectivity index (χ0n) is 24.8. The highest BCUT2D eigenvalue weighted by atomic mass is 35.5. The number of aryl methyl sites for hydroxylation is 1. The first-order chi connectivity index (χ1) is 21.4.